The summed E-state index contributed by atoms with van der Waals surface area (Å²) < 4.78 is 0. The van der Waals surface area contributed by atoms with Crippen LogP contribution in [0.2, 0.25) is 0 Å². The van der Waals surface area contributed by atoms with Gasteiger partial charge in [-0.15, -0.1) is 0 Å². The van der Waals surface area contributed by atoms with Crippen LogP contribution < -0.4 is 5.32 Å². The van der Waals surface area contributed by atoms with Gasteiger partial charge in [0.15, 0.2) is 0 Å². The molecule has 1 rings (SSSR count). The lowest BCUT2D eigenvalue weighted by atomic mass is 9.78. The Labute approximate surface area is 106 Å². The van der Waals surface area contributed by atoms with Crippen molar-refractivity contribution in [2.45, 2.75) is 58.4 Å². The van der Waals surface area contributed by atoms with E-state index >= 15 is 0 Å². The molecule has 1 atom stereocenters. The standard InChI is InChI=1S/C14H29NS/c1-4-10-16-11-14(15-3)13-8-6-12(5-2)7-9-13/h12-15H,4-11H2,1-3H3. The highest BCUT2D eigenvalue weighted by molar-refractivity contribution is 7.99. The van der Waals surface area contributed by atoms with Crippen LogP contribution in [0.1, 0.15) is 52.4 Å². The third kappa shape index (κ3) is 4.67. The van der Waals surface area contributed by atoms with E-state index in [0.29, 0.717) is 0 Å². The van der Waals surface area contributed by atoms with Gasteiger partial charge in [-0.25, -0.2) is 0 Å². The van der Waals surface area contributed by atoms with Gasteiger partial charge in [0.25, 0.3) is 0 Å². The molecule has 0 bridgehead atoms. The maximum absolute atomic E-state index is 3.54. The van der Waals surface area contributed by atoms with Crippen molar-refractivity contribution in [2.75, 3.05) is 18.6 Å². The van der Waals surface area contributed by atoms with Gasteiger partial charge in [0.1, 0.15) is 0 Å². The molecule has 16 heavy (non-hydrogen) atoms. The molecule has 0 radical (unpaired) electrons. The second-order valence-electron chi connectivity index (χ2n) is 5.16. The van der Waals surface area contributed by atoms with Crippen molar-refractivity contribution in [2.24, 2.45) is 11.8 Å². The van der Waals surface area contributed by atoms with E-state index in [-0.39, 0.29) is 0 Å². The molecule has 1 nitrogen and oxygen atoms in total. The number of hydrogen-bond acceptors (Lipinski definition) is 2. The molecule has 0 aromatic heterocycles. The topological polar surface area (TPSA) is 12.0 Å². The monoisotopic (exact) mass is 243 g/mol. The second-order valence-corrected chi connectivity index (χ2v) is 6.31. The van der Waals surface area contributed by atoms with Gasteiger partial charge in [-0.1, -0.05) is 33.1 Å². The molecule has 0 aliphatic heterocycles. The highest BCUT2D eigenvalue weighted by Gasteiger charge is 2.25. The minimum Gasteiger partial charge on any atom is -0.316 e. The molecule has 1 fully saturated rings. The Morgan fingerprint density at radius 3 is 2.38 bits per heavy atom. The lowest BCUT2D eigenvalue weighted by Gasteiger charge is -2.33. The average Bonchev–Trinajstić information content (AvgIpc) is 2.35. The summed E-state index contributed by atoms with van der Waals surface area (Å²) in [6.45, 7) is 4.62. The highest BCUT2D eigenvalue weighted by atomic mass is 32.2. The second kappa shape index (κ2) is 8.41. The predicted octanol–water partition coefficient (Wildman–Crippen LogP) is 3.93. The van der Waals surface area contributed by atoms with Crippen molar-refractivity contribution in [3.8, 4) is 0 Å². The van der Waals surface area contributed by atoms with Crippen LogP contribution in [-0.2, 0) is 0 Å². The lowest BCUT2D eigenvalue weighted by Crippen LogP contribution is -2.38. The molecule has 0 amide bonds. The molecule has 2 heteroatoms. The molecule has 0 aromatic carbocycles. The maximum atomic E-state index is 3.54. The van der Waals surface area contributed by atoms with Gasteiger partial charge in [0.2, 0.25) is 0 Å². The van der Waals surface area contributed by atoms with Gasteiger partial charge in [-0.2, -0.15) is 11.8 Å². The highest BCUT2D eigenvalue weighted by Crippen LogP contribution is 2.33. The lowest BCUT2D eigenvalue weighted by molar-refractivity contribution is 0.233. The maximum Gasteiger partial charge on any atom is 0.0183 e. The first kappa shape index (κ1) is 14.4. The number of hydrogen-bond donors (Lipinski definition) is 1. The smallest absolute Gasteiger partial charge is 0.0183 e. The van der Waals surface area contributed by atoms with Crippen molar-refractivity contribution in [3.63, 3.8) is 0 Å². The number of nitrogens with one attached hydrogen (secondary N) is 1. The first-order valence-corrected chi connectivity index (χ1v) is 8.22. The van der Waals surface area contributed by atoms with Crippen molar-refractivity contribution < 1.29 is 0 Å². The van der Waals surface area contributed by atoms with E-state index in [0.717, 1.165) is 17.9 Å². The summed E-state index contributed by atoms with van der Waals surface area (Å²) in [5.74, 6) is 4.60. The van der Waals surface area contributed by atoms with Crippen LogP contribution in [0, 0.1) is 11.8 Å². The Morgan fingerprint density at radius 2 is 1.88 bits per heavy atom. The Bertz CT molecular complexity index is 161. The largest absolute Gasteiger partial charge is 0.316 e. The zero-order valence-electron chi connectivity index (χ0n) is 11.3. The van der Waals surface area contributed by atoms with Gasteiger partial charge in [0, 0.05) is 11.8 Å². The first-order valence-electron chi connectivity index (χ1n) is 7.06. The molecule has 96 valence electrons. The first-order chi connectivity index (χ1) is 7.81. The molecule has 0 heterocycles. The van der Waals surface area contributed by atoms with E-state index in [2.05, 4.69) is 38.0 Å². The molecule has 0 aromatic rings. The van der Waals surface area contributed by atoms with Gasteiger partial charge in [-0.05, 0) is 43.9 Å². The van der Waals surface area contributed by atoms with Gasteiger partial charge >= 0.3 is 0 Å². The van der Waals surface area contributed by atoms with E-state index < -0.39 is 0 Å². The van der Waals surface area contributed by atoms with Crippen LogP contribution in [0.3, 0.4) is 0 Å². The van der Waals surface area contributed by atoms with E-state index in [4.69, 9.17) is 0 Å². The molecule has 1 unspecified atom stereocenters. The minimum absolute atomic E-state index is 0.759. The van der Waals surface area contributed by atoms with Crippen LogP contribution in [0.15, 0.2) is 0 Å². The normalized spacial score (nSPS) is 27.9. The van der Waals surface area contributed by atoms with Gasteiger partial charge in [0.05, 0.1) is 0 Å². The quantitative estimate of drug-likeness (QED) is 0.680. The minimum atomic E-state index is 0.759. The van der Waals surface area contributed by atoms with Gasteiger partial charge in [-0.3, -0.25) is 0 Å². The summed E-state index contributed by atoms with van der Waals surface area (Å²) in [5.41, 5.74) is 0. The van der Waals surface area contributed by atoms with Crippen LogP contribution in [0.4, 0.5) is 0 Å². The summed E-state index contributed by atoms with van der Waals surface area (Å²) in [7, 11) is 2.14. The molecule has 1 aliphatic carbocycles. The molecule has 1 N–H and O–H groups in total. The molecular formula is C14H29NS. The van der Waals surface area contributed by atoms with Gasteiger partial charge < -0.3 is 5.32 Å². The zero-order valence-corrected chi connectivity index (χ0v) is 12.1. The van der Waals surface area contributed by atoms with E-state index in [1.54, 1.807) is 0 Å². The van der Waals surface area contributed by atoms with Crippen molar-refractivity contribution >= 4 is 11.8 Å². The Kier molecular flexibility index (Phi) is 7.55. The fourth-order valence-electron chi connectivity index (χ4n) is 2.81. The Morgan fingerprint density at radius 1 is 1.19 bits per heavy atom. The molecule has 1 aliphatic rings. The predicted molar refractivity (Wildman–Crippen MR) is 76.2 cm³/mol. The Hall–Kier alpha value is 0.310. The van der Waals surface area contributed by atoms with Crippen LogP contribution in [-0.4, -0.2) is 24.6 Å². The number of thioether (sulfide) groups is 1. The summed E-state index contributed by atoms with van der Waals surface area (Å²) >= 11 is 2.12. The average molecular weight is 243 g/mol. The third-order valence-corrected chi connectivity index (χ3v) is 5.35. The van der Waals surface area contributed by atoms with Crippen molar-refractivity contribution in [3.05, 3.63) is 0 Å². The molecule has 0 spiro atoms. The summed E-state index contributed by atoms with van der Waals surface area (Å²) in [6.07, 6.45) is 8.55. The fourth-order valence-corrected chi connectivity index (χ4v) is 3.96. The van der Waals surface area contributed by atoms with Crippen LogP contribution in [0.5, 0.6) is 0 Å². The van der Waals surface area contributed by atoms with Crippen LogP contribution >= 0.6 is 11.8 Å². The number of rotatable bonds is 7. The Balaban J connectivity index is 2.25. The molecule has 1 saturated carbocycles. The SMILES string of the molecule is CCCSCC(NC)C1CCC(CC)CC1. The fraction of sp³-hybridized carbons (Fsp3) is 1.00. The summed E-state index contributed by atoms with van der Waals surface area (Å²) in [4.78, 5) is 0. The van der Waals surface area contributed by atoms with E-state index in [9.17, 15) is 0 Å². The summed E-state index contributed by atoms with van der Waals surface area (Å²) in [5, 5.41) is 3.54. The van der Waals surface area contributed by atoms with E-state index in [1.807, 2.05) is 0 Å². The van der Waals surface area contributed by atoms with Crippen LogP contribution in [0.25, 0.3) is 0 Å². The van der Waals surface area contributed by atoms with Crippen molar-refractivity contribution in [1.29, 1.82) is 0 Å². The third-order valence-electron chi connectivity index (χ3n) is 4.05. The molecule has 0 saturated heterocycles. The summed E-state index contributed by atoms with van der Waals surface area (Å²) in [6, 6.07) is 0.759. The zero-order chi connectivity index (χ0) is 11.8. The molecular weight excluding hydrogens is 214 g/mol. The van der Waals surface area contributed by atoms with Crippen molar-refractivity contribution in [1.82, 2.24) is 5.32 Å². The van der Waals surface area contributed by atoms with E-state index in [1.165, 1.54) is 50.0 Å².